The molecular formula is C14H27IOSi. The van der Waals surface area contributed by atoms with Gasteiger partial charge in [-0.25, -0.2) is 0 Å². The van der Waals surface area contributed by atoms with E-state index >= 15 is 0 Å². The van der Waals surface area contributed by atoms with Gasteiger partial charge in [0.2, 0.25) is 0 Å². The van der Waals surface area contributed by atoms with Crippen molar-refractivity contribution in [2.75, 3.05) is 0 Å². The molecule has 1 nitrogen and oxygen atoms in total. The van der Waals surface area contributed by atoms with E-state index in [1.165, 1.54) is 0 Å². The second kappa shape index (κ2) is 7.74. The normalized spacial score (nSPS) is 15.9. The van der Waals surface area contributed by atoms with E-state index in [0.717, 1.165) is 12.8 Å². The Labute approximate surface area is 122 Å². The van der Waals surface area contributed by atoms with Crippen LogP contribution in [0.2, 0.25) is 18.1 Å². The van der Waals surface area contributed by atoms with Gasteiger partial charge in [-0.05, 0) is 35.1 Å². The highest BCUT2D eigenvalue weighted by Crippen LogP contribution is 2.37. The summed E-state index contributed by atoms with van der Waals surface area (Å²) in [7, 11) is -1.65. The largest absolute Gasteiger partial charge is 0.410 e. The zero-order chi connectivity index (χ0) is 13.5. The molecule has 0 unspecified atom stereocenters. The Morgan fingerprint density at radius 3 is 2.24 bits per heavy atom. The highest BCUT2D eigenvalue weighted by Gasteiger charge is 2.38. The average Bonchev–Trinajstić information content (AvgIpc) is 2.16. The Bertz CT molecular complexity index is 264. The first-order valence-corrected chi connectivity index (χ1v) is 10.5. The molecule has 0 amide bonds. The molecule has 0 aliphatic carbocycles. The second-order valence-electron chi connectivity index (χ2n) is 5.85. The maximum atomic E-state index is 6.39. The van der Waals surface area contributed by atoms with Crippen LogP contribution in [-0.4, -0.2) is 14.4 Å². The van der Waals surface area contributed by atoms with Crippen LogP contribution in [0.15, 0.2) is 22.3 Å². The maximum Gasteiger partial charge on any atom is 0.192 e. The lowest BCUT2D eigenvalue weighted by atomic mass is 10.2. The van der Waals surface area contributed by atoms with Crippen LogP contribution in [-0.2, 0) is 4.43 Å². The van der Waals surface area contributed by atoms with Crippen LogP contribution in [0.5, 0.6) is 0 Å². The monoisotopic (exact) mass is 366 g/mol. The summed E-state index contributed by atoms with van der Waals surface area (Å²) in [6.45, 7) is 13.6. The van der Waals surface area contributed by atoms with Crippen LogP contribution in [0, 0.1) is 0 Å². The third-order valence-corrected chi connectivity index (χ3v) is 8.23. The Kier molecular flexibility index (Phi) is 7.92. The average molecular weight is 366 g/mol. The minimum absolute atomic E-state index is 0.232. The molecule has 0 bridgehead atoms. The number of hydrogen-bond donors (Lipinski definition) is 0. The third kappa shape index (κ3) is 6.77. The maximum absolute atomic E-state index is 6.39. The number of halogens is 1. The third-order valence-electron chi connectivity index (χ3n) is 3.31. The van der Waals surface area contributed by atoms with Crippen molar-refractivity contribution >= 4 is 30.9 Å². The summed E-state index contributed by atoms with van der Waals surface area (Å²) in [5.41, 5.74) is 0. The van der Waals surface area contributed by atoms with Gasteiger partial charge >= 0.3 is 0 Å². The van der Waals surface area contributed by atoms with Crippen LogP contribution in [0.1, 0.15) is 40.5 Å². The van der Waals surface area contributed by atoms with Gasteiger partial charge in [0.15, 0.2) is 8.32 Å². The van der Waals surface area contributed by atoms with E-state index in [4.69, 9.17) is 4.43 Å². The van der Waals surface area contributed by atoms with E-state index < -0.39 is 8.32 Å². The minimum Gasteiger partial charge on any atom is -0.410 e. The molecule has 0 rings (SSSR count). The van der Waals surface area contributed by atoms with Gasteiger partial charge in [-0.2, -0.15) is 0 Å². The van der Waals surface area contributed by atoms with Gasteiger partial charge in [-0.15, -0.1) is 0 Å². The molecule has 1 atom stereocenters. The molecule has 0 radical (unpaired) electrons. The number of allylic oxidation sites excluding steroid dienone is 1. The smallest absolute Gasteiger partial charge is 0.192 e. The number of hydrogen-bond acceptors (Lipinski definition) is 1. The van der Waals surface area contributed by atoms with Gasteiger partial charge in [0, 0.05) is 0 Å². The number of rotatable bonds is 6. The van der Waals surface area contributed by atoms with Crippen molar-refractivity contribution in [3.05, 3.63) is 22.3 Å². The topological polar surface area (TPSA) is 9.23 Å². The van der Waals surface area contributed by atoms with Crippen molar-refractivity contribution in [1.82, 2.24) is 0 Å². The minimum atomic E-state index is -1.65. The Morgan fingerprint density at radius 2 is 1.82 bits per heavy atom. The van der Waals surface area contributed by atoms with E-state index in [2.05, 4.69) is 85.7 Å². The van der Waals surface area contributed by atoms with Crippen molar-refractivity contribution in [1.29, 1.82) is 0 Å². The Morgan fingerprint density at radius 1 is 1.24 bits per heavy atom. The molecule has 0 aromatic rings. The van der Waals surface area contributed by atoms with Crippen molar-refractivity contribution < 1.29 is 4.43 Å². The van der Waals surface area contributed by atoms with Gasteiger partial charge in [-0.1, -0.05) is 68.5 Å². The van der Waals surface area contributed by atoms with Gasteiger partial charge in [-0.3, -0.25) is 0 Å². The van der Waals surface area contributed by atoms with Crippen LogP contribution >= 0.6 is 22.6 Å². The Hall–Kier alpha value is 0.387. The molecule has 0 saturated carbocycles. The lowest BCUT2D eigenvalue weighted by molar-refractivity contribution is 0.228. The summed E-state index contributed by atoms with van der Waals surface area (Å²) in [6.07, 6.45) is 8.93. The van der Waals surface area contributed by atoms with E-state index in [9.17, 15) is 0 Å². The summed E-state index contributed by atoms with van der Waals surface area (Å²) < 4.78 is 8.45. The first-order chi connectivity index (χ1) is 7.74. The molecule has 0 heterocycles. The predicted octanol–water partition coefficient (Wildman–Crippen LogP) is 5.68. The standard InChI is InChI=1S/C14H27IOSi/c1-7-8-9-10-13(11-12-15)16-17(5,6)14(2,3)4/h8-9,11-13H,7,10H2,1-6H3/b9-8-,12-11+/t13-/m0/s1. The quantitative estimate of drug-likeness (QED) is 0.334. The summed E-state index contributed by atoms with van der Waals surface area (Å²) in [6, 6.07) is 0. The molecule has 0 spiro atoms. The fourth-order valence-electron chi connectivity index (χ4n) is 1.20. The van der Waals surface area contributed by atoms with Crippen LogP contribution in [0.3, 0.4) is 0 Å². The zero-order valence-electron chi connectivity index (χ0n) is 12.1. The van der Waals surface area contributed by atoms with Gasteiger partial charge in [0.1, 0.15) is 0 Å². The SMILES string of the molecule is CC/C=C\C[C@@H](/C=C/I)O[Si](C)(C)C(C)(C)C. The van der Waals surface area contributed by atoms with E-state index in [-0.39, 0.29) is 11.1 Å². The molecule has 0 aliphatic rings. The summed E-state index contributed by atoms with van der Waals surface area (Å²) in [5, 5.41) is 0.277. The lowest BCUT2D eigenvalue weighted by Gasteiger charge is -2.38. The van der Waals surface area contributed by atoms with Crippen LogP contribution in [0.4, 0.5) is 0 Å². The molecule has 0 N–H and O–H groups in total. The van der Waals surface area contributed by atoms with Crippen LogP contribution < -0.4 is 0 Å². The second-order valence-corrected chi connectivity index (χ2v) is 11.3. The first-order valence-electron chi connectivity index (χ1n) is 6.34. The fourth-order valence-corrected chi connectivity index (χ4v) is 2.95. The van der Waals surface area contributed by atoms with Crippen molar-refractivity contribution in [3.63, 3.8) is 0 Å². The van der Waals surface area contributed by atoms with Crippen LogP contribution in [0.25, 0.3) is 0 Å². The van der Waals surface area contributed by atoms with E-state index in [1.807, 2.05) is 0 Å². The summed E-state index contributed by atoms with van der Waals surface area (Å²) >= 11 is 2.27. The molecule has 0 aromatic carbocycles. The van der Waals surface area contributed by atoms with Crippen molar-refractivity contribution in [2.45, 2.75) is 64.8 Å². The molecule has 0 aliphatic heterocycles. The fraction of sp³-hybridized carbons (Fsp3) is 0.714. The summed E-state index contributed by atoms with van der Waals surface area (Å²) in [4.78, 5) is 0. The zero-order valence-corrected chi connectivity index (χ0v) is 15.2. The molecule has 0 saturated heterocycles. The van der Waals surface area contributed by atoms with Gasteiger partial charge < -0.3 is 4.43 Å². The molecule has 0 aromatic heterocycles. The van der Waals surface area contributed by atoms with E-state index in [1.54, 1.807) is 0 Å². The van der Waals surface area contributed by atoms with Gasteiger partial charge in [0.25, 0.3) is 0 Å². The highest BCUT2D eigenvalue weighted by molar-refractivity contribution is 14.1. The first kappa shape index (κ1) is 17.4. The van der Waals surface area contributed by atoms with Crippen molar-refractivity contribution in [2.24, 2.45) is 0 Å². The van der Waals surface area contributed by atoms with E-state index in [0.29, 0.717) is 0 Å². The lowest BCUT2D eigenvalue weighted by Crippen LogP contribution is -2.43. The molecule has 100 valence electrons. The molecule has 17 heavy (non-hydrogen) atoms. The Balaban J connectivity index is 4.59. The molecule has 0 fully saturated rings. The predicted molar refractivity (Wildman–Crippen MR) is 89.3 cm³/mol. The highest BCUT2D eigenvalue weighted by atomic mass is 127. The van der Waals surface area contributed by atoms with Gasteiger partial charge in [0.05, 0.1) is 6.10 Å². The van der Waals surface area contributed by atoms with Crippen molar-refractivity contribution in [3.8, 4) is 0 Å². The molecule has 3 heteroatoms. The summed E-state index contributed by atoms with van der Waals surface area (Å²) in [5.74, 6) is 0. The molecular weight excluding hydrogens is 339 g/mol.